The van der Waals surface area contributed by atoms with Gasteiger partial charge < -0.3 is 10.2 Å². The first-order chi connectivity index (χ1) is 4.13. The summed E-state index contributed by atoms with van der Waals surface area (Å²) in [5.41, 5.74) is 0.0602. The quantitative estimate of drug-likeness (QED) is 0.542. The monoisotopic (exact) mass is 128 g/mol. The zero-order chi connectivity index (χ0) is 7.02. The lowest BCUT2D eigenvalue weighted by Crippen LogP contribution is -1.91. The molecular formula is C5H4O4. The number of aliphatic carboxylic acids is 2. The maximum atomic E-state index is 9.96. The van der Waals surface area contributed by atoms with Crippen LogP contribution in [0.4, 0.5) is 0 Å². The van der Waals surface area contributed by atoms with Gasteiger partial charge in [-0.25, -0.2) is 9.59 Å². The van der Waals surface area contributed by atoms with Crippen LogP contribution in [0.2, 0.25) is 0 Å². The van der Waals surface area contributed by atoms with E-state index in [2.05, 4.69) is 0 Å². The predicted octanol–water partition coefficient (Wildman–Crippen LogP) is -0.144. The molecule has 1 aliphatic carbocycles. The number of carbonyl (C=O) groups is 2. The molecule has 0 atom stereocenters. The Hall–Kier alpha value is -1.32. The standard InChI is InChI=1S/C5H4O4/c6-4(7)2-1-3(2)5(8)9/h1H2,(H,6,7)(H,8,9). The molecule has 0 unspecified atom stereocenters. The van der Waals surface area contributed by atoms with Crippen molar-refractivity contribution in [1.29, 1.82) is 0 Å². The van der Waals surface area contributed by atoms with Gasteiger partial charge in [0.25, 0.3) is 0 Å². The van der Waals surface area contributed by atoms with Gasteiger partial charge >= 0.3 is 11.9 Å². The lowest BCUT2D eigenvalue weighted by atomic mass is 10.5. The summed E-state index contributed by atoms with van der Waals surface area (Å²) in [6.07, 6.45) is 0.130. The van der Waals surface area contributed by atoms with E-state index in [0.717, 1.165) is 0 Å². The van der Waals surface area contributed by atoms with E-state index in [1.54, 1.807) is 0 Å². The first kappa shape index (κ1) is 5.81. The van der Waals surface area contributed by atoms with E-state index < -0.39 is 11.9 Å². The van der Waals surface area contributed by atoms with E-state index in [-0.39, 0.29) is 17.6 Å². The average Bonchev–Trinajstić information content (AvgIpc) is 2.39. The van der Waals surface area contributed by atoms with Gasteiger partial charge in [0, 0.05) is 6.42 Å². The predicted molar refractivity (Wildman–Crippen MR) is 26.9 cm³/mol. The Balaban J connectivity index is 2.71. The van der Waals surface area contributed by atoms with Gasteiger partial charge in [0.15, 0.2) is 0 Å². The topological polar surface area (TPSA) is 74.6 Å². The third-order valence-electron chi connectivity index (χ3n) is 1.11. The van der Waals surface area contributed by atoms with Gasteiger partial charge in [-0.2, -0.15) is 0 Å². The summed E-state index contributed by atoms with van der Waals surface area (Å²) in [6.45, 7) is 0. The van der Waals surface area contributed by atoms with Gasteiger partial charge in [-0.3, -0.25) is 0 Å². The highest BCUT2D eigenvalue weighted by atomic mass is 16.4. The molecule has 0 saturated carbocycles. The van der Waals surface area contributed by atoms with Gasteiger partial charge in [-0.05, 0) is 0 Å². The first-order valence-corrected chi connectivity index (χ1v) is 2.31. The summed E-state index contributed by atoms with van der Waals surface area (Å²) in [7, 11) is 0. The van der Waals surface area contributed by atoms with Crippen LogP contribution in [0.1, 0.15) is 6.42 Å². The Morgan fingerprint density at radius 2 is 1.44 bits per heavy atom. The summed E-state index contributed by atoms with van der Waals surface area (Å²) >= 11 is 0. The lowest BCUT2D eigenvalue weighted by molar-refractivity contribution is -0.134. The van der Waals surface area contributed by atoms with Crippen LogP contribution < -0.4 is 0 Å². The molecule has 1 aliphatic rings. The summed E-state index contributed by atoms with van der Waals surface area (Å²) in [6, 6.07) is 0. The van der Waals surface area contributed by atoms with Crippen molar-refractivity contribution in [2.24, 2.45) is 0 Å². The molecule has 0 amide bonds. The molecule has 0 saturated heterocycles. The van der Waals surface area contributed by atoms with E-state index in [1.165, 1.54) is 0 Å². The number of carboxylic acids is 2. The van der Waals surface area contributed by atoms with Crippen LogP contribution in [0.3, 0.4) is 0 Å². The molecule has 0 aromatic rings. The molecule has 0 aromatic heterocycles. The zero-order valence-corrected chi connectivity index (χ0v) is 4.42. The van der Waals surface area contributed by atoms with Crippen LogP contribution in [-0.2, 0) is 9.59 Å². The maximum absolute atomic E-state index is 9.96. The van der Waals surface area contributed by atoms with E-state index in [9.17, 15) is 9.59 Å². The van der Waals surface area contributed by atoms with Crippen LogP contribution >= 0.6 is 0 Å². The van der Waals surface area contributed by atoms with E-state index in [4.69, 9.17) is 10.2 Å². The van der Waals surface area contributed by atoms with E-state index in [0.29, 0.717) is 0 Å². The van der Waals surface area contributed by atoms with E-state index >= 15 is 0 Å². The number of rotatable bonds is 2. The molecular weight excluding hydrogens is 124 g/mol. The smallest absolute Gasteiger partial charge is 0.332 e. The van der Waals surface area contributed by atoms with Gasteiger partial charge in [0.1, 0.15) is 0 Å². The molecule has 4 nitrogen and oxygen atoms in total. The lowest BCUT2D eigenvalue weighted by Gasteiger charge is -1.73. The van der Waals surface area contributed by atoms with Gasteiger partial charge in [-0.15, -0.1) is 0 Å². The second-order valence-electron chi connectivity index (χ2n) is 1.74. The average molecular weight is 128 g/mol. The molecule has 2 N–H and O–H groups in total. The first-order valence-electron chi connectivity index (χ1n) is 2.31. The third-order valence-corrected chi connectivity index (χ3v) is 1.11. The van der Waals surface area contributed by atoms with Crippen LogP contribution in [0, 0.1) is 0 Å². The van der Waals surface area contributed by atoms with Crippen molar-refractivity contribution in [3.05, 3.63) is 11.1 Å². The Bertz CT molecular complexity index is 191. The largest absolute Gasteiger partial charge is 0.478 e. The Labute approximate surface area is 50.4 Å². The Morgan fingerprint density at radius 1 is 1.11 bits per heavy atom. The fourth-order valence-electron chi connectivity index (χ4n) is 0.542. The molecule has 0 fully saturated rings. The normalized spacial score (nSPS) is 15.6. The third kappa shape index (κ3) is 0.910. The summed E-state index contributed by atoms with van der Waals surface area (Å²) in [5, 5.41) is 16.3. The van der Waals surface area contributed by atoms with Crippen molar-refractivity contribution >= 4 is 11.9 Å². The number of hydrogen-bond donors (Lipinski definition) is 2. The molecule has 4 heteroatoms. The van der Waals surface area contributed by atoms with Crippen LogP contribution in [0.5, 0.6) is 0 Å². The second-order valence-corrected chi connectivity index (χ2v) is 1.74. The minimum absolute atomic E-state index is 0.0301. The highest BCUT2D eigenvalue weighted by Crippen LogP contribution is 2.30. The maximum Gasteiger partial charge on any atom is 0.332 e. The highest BCUT2D eigenvalue weighted by molar-refractivity contribution is 6.06. The minimum atomic E-state index is -1.12. The van der Waals surface area contributed by atoms with Crippen LogP contribution in [-0.4, -0.2) is 22.2 Å². The molecule has 1 rings (SSSR count). The van der Waals surface area contributed by atoms with Gasteiger partial charge in [-0.1, -0.05) is 0 Å². The number of hydrogen-bond acceptors (Lipinski definition) is 2. The molecule has 0 aromatic carbocycles. The van der Waals surface area contributed by atoms with Crippen molar-refractivity contribution in [1.82, 2.24) is 0 Å². The van der Waals surface area contributed by atoms with Crippen molar-refractivity contribution < 1.29 is 19.8 Å². The Morgan fingerprint density at radius 3 is 1.56 bits per heavy atom. The van der Waals surface area contributed by atoms with Crippen LogP contribution in [0.25, 0.3) is 0 Å². The molecule has 0 aliphatic heterocycles. The molecule has 0 spiro atoms. The summed E-state index contributed by atoms with van der Waals surface area (Å²) in [4.78, 5) is 19.9. The highest BCUT2D eigenvalue weighted by Gasteiger charge is 2.32. The molecule has 48 valence electrons. The summed E-state index contributed by atoms with van der Waals surface area (Å²) in [5.74, 6) is -2.24. The fraction of sp³-hybridized carbons (Fsp3) is 0.200. The number of carboxylic acid groups (broad SMARTS) is 2. The van der Waals surface area contributed by atoms with Gasteiger partial charge in [0.2, 0.25) is 0 Å². The van der Waals surface area contributed by atoms with Crippen molar-refractivity contribution in [3.8, 4) is 0 Å². The van der Waals surface area contributed by atoms with E-state index in [1.807, 2.05) is 0 Å². The molecule has 0 bridgehead atoms. The zero-order valence-electron chi connectivity index (χ0n) is 4.42. The SMILES string of the molecule is O=C(O)C1=C(C(=O)O)C1. The molecule has 9 heavy (non-hydrogen) atoms. The van der Waals surface area contributed by atoms with Crippen molar-refractivity contribution in [3.63, 3.8) is 0 Å². The molecule has 0 radical (unpaired) electrons. The second kappa shape index (κ2) is 1.58. The van der Waals surface area contributed by atoms with Crippen molar-refractivity contribution in [2.75, 3.05) is 0 Å². The van der Waals surface area contributed by atoms with Gasteiger partial charge in [0.05, 0.1) is 11.1 Å². The van der Waals surface area contributed by atoms with Crippen LogP contribution in [0.15, 0.2) is 11.1 Å². The summed E-state index contributed by atoms with van der Waals surface area (Å²) < 4.78 is 0. The molecule has 0 heterocycles. The van der Waals surface area contributed by atoms with Crippen molar-refractivity contribution in [2.45, 2.75) is 6.42 Å². The minimum Gasteiger partial charge on any atom is -0.478 e. The fourth-order valence-corrected chi connectivity index (χ4v) is 0.542. The Kier molecular flexibility index (Phi) is 1.02.